The van der Waals surface area contributed by atoms with Crippen LogP contribution in [0.15, 0.2) is 194 Å². The molecule has 51 heavy (non-hydrogen) atoms. The lowest BCUT2D eigenvalue weighted by molar-refractivity contribution is 1.18. The fraction of sp³-hybridized carbons (Fsp3) is 0. The lowest BCUT2D eigenvalue weighted by Gasteiger charge is -2.34. The molecule has 0 unspecified atom stereocenters. The van der Waals surface area contributed by atoms with Gasteiger partial charge in [-0.1, -0.05) is 146 Å². The first-order chi connectivity index (χ1) is 25.3. The van der Waals surface area contributed by atoms with Crippen LogP contribution in [0.2, 0.25) is 0 Å². The van der Waals surface area contributed by atoms with E-state index in [1.54, 1.807) is 0 Å². The molecule has 0 saturated carbocycles. The van der Waals surface area contributed by atoms with Crippen LogP contribution in [0.1, 0.15) is 0 Å². The fourth-order valence-corrected chi connectivity index (χ4v) is 14.5. The molecule has 0 radical (unpaired) electrons. The van der Waals surface area contributed by atoms with E-state index in [0.29, 0.717) is 0 Å². The van der Waals surface area contributed by atoms with Crippen molar-refractivity contribution in [1.82, 2.24) is 9.55 Å². The third kappa shape index (κ3) is 4.65. The Morgan fingerprint density at radius 3 is 1.82 bits per heavy atom. The molecule has 0 aliphatic carbocycles. The molecule has 2 nitrogen and oxygen atoms in total. The number of pyridine rings is 1. The monoisotopic (exact) mass is 684 g/mol. The van der Waals surface area contributed by atoms with Crippen molar-refractivity contribution in [3.8, 4) is 16.9 Å². The molecule has 0 aliphatic heterocycles. The smallest absolute Gasteiger partial charge is 0.203 e. The first kappa shape index (κ1) is 29.8. The average Bonchev–Trinajstić information content (AvgIpc) is 3.76. The predicted molar refractivity (Wildman–Crippen MR) is 221 cm³/mol. The van der Waals surface area contributed by atoms with E-state index in [-0.39, 0.29) is 0 Å². The predicted octanol–water partition coefficient (Wildman–Crippen LogP) is 9.59. The summed E-state index contributed by atoms with van der Waals surface area (Å²) in [4.78, 5) is 5.72. The summed E-state index contributed by atoms with van der Waals surface area (Å²) in [5, 5.41) is 10.3. The maximum absolute atomic E-state index is 5.72. The number of hydrogen-bond donors (Lipinski definition) is 0. The normalized spacial score (nSPS) is 11.9. The Morgan fingerprint density at radius 1 is 0.451 bits per heavy atom. The van der Waals surface area contributed by atoms with Gasteiger partial charge in [-0.15, -0.1) is 11.3 Å². The summed E-state index contributed by atoms with van der Waals surface area (Å²) in [6, 6.07) is 70.9. The Bertz CT molecular complexity index is 2820. The van der Waals surface area contributed by atoms with Crippen LogP contribution in [0.5, 0.6) is 0 Å². The van der Waals surface area contributed by atoms with Crippen molar-refractivity contribution in [3.63, 3.8) is 0 Å². The zero-order valence-electron chi connectivity index (χ0n) is 27.8. The molecule has 3 heterocycles. The molecule has 0 amide bonds. The zero-order valence-corrected chi connectivity index (χ0v) is 29.6. The lowest BCUT2D eigenvalue weighted by atomic mass is 10.1. The summed E-state index contributed by atoms with van der Waals surface area (Å²) in [6.07, 6.45) is 0. The third-order valence-corrected chi connectivity index (χ3v) is 16.4. The van der Waals surface area contributed by atoms with Gasteiger partial charge in [-0.25, -0.2) is 0 Å². The molecule has 0 spiro atoms. The molecule has 0 aliphatic rings. The van der Waals surface area contributed by atoms with E-state index in [1.807, 2.05) is 11.3 Å². The Hall–Kier alpha value is -6.07. The van der Waals surface area contributed by atoms with Crippen molar-refractivity contribution >= 4 is 82.3 Å². The van der Waals surface area contributed by atoms with Gasteiger partial charge in [0.05, 0.1) is 16.7 Å². The van der Waals surface area contributed by atoms with Crippen molar-refractivity contribution < 1.29 is 0 Å². The highest BCUT2D eigenvalue weighted by Crippen LogP contribution is 2.36. The Labute approximate surface area is 301 Å². The van der Waals surface area contributed by atoms with Gasteiger partial charge < -0.3 is 4.57 Å². The lowest BCUT2D eigenvalue weighted by Crippen LogP contribution is -2.75. The molecule has 0 bridgehead atoms. The first-order valence-corrected chi connectivity index (χ1v) is 20.2. The van der Waals surface area contributed by atoms with Crippen molar-refractivity contribution in [1.29, 1.82) is 0 Å². The minimum absolute atomic E-state index is 0.984. The van der Waals surface area contributed by atoms with Crippen molar-refractivity contribution in [2.75, 3.05) is 0 Å². The third-order valence-electron chi connectivity index (χ3n) is 10.3. The summed E-state index contributed by atoms with van der Waals surface area (Å²) in [7, 11) is -2.93. The molecule has 10 rings (SSSR count). The second kappa shape index (κ2) is 12.1. The minimum atomic E-state index is -2.93. The van der Waals surface area contributed by atoms with Crippen LogP contribution in [-0.2, 0) is 0 Å². The van der Waals surface area contributed by atoms with Gasteiger partial charge in [-0.2, -0.15) is 0 Å². The number of aromatic nitrogens is 2. The number of para-hydroxylation sites is 2. The molecule has 240 valence electrons. The zero-order chi connectivity index (χ0) is 33.8. The summed E-state index contributed by atoms with van der Waals surface area (Å²) in [6.45, 7) is 0. The van der Waals surface area contributed by atoms with Crippen molar-refractivity contribution in [2.24, 2.45) is 0 Å². The minimum Gasteiger partial charge on any atom is -0.309 e. The molecule has 0 saturated heterocycles. The molecule has 0 N–H and O–H groups in total. The van der Waals surface area contributed by atoms with Gasteiger partial charge in [0, 0.05) is 47.5 Å². The van der Waals surface area contributed by atoms with Crippen LogP contribution in [0, 0.1) is 0 Å². The van der Waals surface area contributed by atoms with Gasteiger partial charge in [-0.05, 0) is 64.1 Å². The van der Waals surface area contributed by atoms with Crippen LogP contribution >= 0.6 is 11.3 Å². The van der Waals surface area contributed by atoms with Crippen molar-refractivity contribution in [2.45, 2.75) is 0 Å². The number of hydrogen-bond acceptors (Lipinski definition) is 2. The highest BCUT2D eigenvalue weighted by Gasteiger charge is 2.44. The summed E-state index contributed by atoms with van der Waals surface area (Å²) >= 11 is 1.91. The molecular formula is C47H32N2SSi. The van der Waals surface area contributed by atoms with Gasteiger partial charge in [0.15, 0.2) is 0 Å². The van der Waals surface area contributed by atoms with Crippen LogP contribution < -0.4 is 20.9 Å². The summed E-state index contributed by atoms with van der Waals surface area (Å²) in [5.41, 5.74) is 5.65. The maximum Gasteiger partial charge on any atom is 0.203 e. The Morgan fingerprint density at radius 2 is 1.06 bits per heavy atom. The van der Waals surface area contributed by atoms with E-state index in [1.165, 1.54) is 57.5 Å². The molecule has 3 aromatic heterocycles. The average molecular weight is 685 g/mol. The van der Waals surface area contributed by atoms with Gasteiger partial charge >= 0.3 is 0 Å². The van der Waals surface area contributed by atoms with E-state index in [2.05, 4.69) is 199 Å². The first-order valence-electron chi connectivity index (χ1n) is 17.4. The molecule has 10 aromatic rings. The number of nitrogens with zero attached hydrogens (tertiary/aromatic N) is 2. The maximum atomic E-state index is 5.72. The molecular weight excluding hydrogens is 653 g/mol. The Kier molecular flexibility index (Phi) is 7.05. The van der Waals surface area contributed by atoms with Crippen LogP contribution in [0.3, 0.4) is 0 Å². The number of fused-ring (bicyclic) bond motifs is 6. The highest BCUT2D eigenvalue weighted by atomic mass is 32.1. The number of rotatable bonds is 6. The van der Waals surface area contributed by atoms with Crippen LogP contribution in [0.25, 0.3) is 58.9 Å². The van der Waals surface area contributed by atoms with Crippen LogP contribution in [0.4, 0.5) is 0 Å². The second-order valence-electron chi connectivity index (χ2n) is 13.1. The molecule has 0 atom stereocenters. The SMILES string of the molecule is c1ccc(-n2c3ccccc3c3cc(-c4cccc([Si](c5ccccc5)(c5ccccc5)c5cccc6c5sc5ccccc56)n4)ccc32)cc1. The summed E-state index contributed by atoms with van der Waals surface area (Å²) in [5.74, 6) is 0. The van der Waals surface area contributed by atoms with E-state index in [9.17, 15) is 0 Å². The van der Waals surface area contributed by atoms with E-state index < -0.39 is 8.07 Å². The molecule has 4 heteroatoms. The van der Waals surface area contributed by atoms with E-state index in [0.717, 1.165) is 22.3 Å². The second-order valence-corrected chi connectivity index (χ2v) is 17.8. The molecule has 7 aromatic carbocycles. The van der Waals surface area contributed by atoms with Gasteiger partial charge in [0.1, 0.15) is 0 Å². The standard InChI is InChI=1S/C47H32N2SSi/c1-4-16-34(17-5-1)49-42-26-12-10-22-37(42)40-32-33(30-31-43(40)49)41-25-15-29-46(48-41)51(35-18-6-2-7-19-35,36-20-8-3-9-21-36)45-28-14-24-39-38-23-11-13-27-44(38)50-47(39)45/h1-32H. The topological polar surface area (TPSA) is 17.8 Å². The van der Waals surface area contributed by atoms with Gasteiger partial charge in [0.2, 0.25) is 8.07 Å². The molecule has 0 fully saturated rings. The quantitative estimate of drug-likeness (QED) is 0.126. The van der Waals surface area contributed by atoms with Crippen LogP contribution in [-0.4, -0.2) is 17.6 Å². The largest absolute Gasteiger partial charge is 0.309 e. The fourth-order valence-electron chi connectivity index (χ4n) is 8.12. The number of benzene rings is 7. The van der Waals surface area contributed by atoms with E-state index >= 15 is 0 Å². The number of thiophene rings is 1. The highest BCUT2D eigenvalue weighted by molar-refractivity contribution is 7.30. The van der Waals surface area contributed by atoms with Gasteiger partial charge in [-0.3, -0.25) is 4.98 Å². The van der Waals surface area contributed by atoms with E-state index in [4.69, 9.17) is 4.98 Å². The van der Waals surface area contributed by atoms with Crippen molar-refractivity contribution in [3.05, 3.63) is 194 Å². The Balaban J connectivity index is 1.25. The van der Waals surface area contributed by atoms with Gasteiger partial charge in [0.25, 0.3) is 0 Å². The summed E-state index contributed by atoms with van der Waals surface area (Å²) < 4.78 is 5.03.